The molecule has 0 aromatic heterocycles. The fourth-order valence-corrected chi connectivity index (χ4v) is 2.15. The van der Waals surface area contributed by atoms with Crippen molar-refractivity contribution in [3.63, 3.8) is 0 Å². The van der Waals surface area contributed by atoms with Gasteiger partial charge in [0.25, 0.3) is 5.91 Å². The summed E-state index contributed by atoms with van der Waals surface area (Å²) in [5.41, 5.74) is 3.21. The van der Waals surface area contributed by atoms with Gasteiger partial charge in [-0.1, -0.05) is 43.7 Å². The van der Waals surface area contributed by atoms with Crippen molar-refractivity contribution >= 4 is 11.6 Å². The highest BCUT2D eigenvalue weighted by molar-refractivity contribution is 5.94. The number of carbonyl (C=O) groups is 1. The number of anilines is 1. The monoisotopic (exact) mass is 297 g/mol. The van der Waals surface area contributed by atoms with Crippen molar-refractivity contribution in [2.45, 2.75) is 39.7 Å². The van der Waals surface area contributed by atoms with Gasteiger partial charge in [0.1, 0.15) is 5.75 Å². The summed E-state index contributed by atoms with van der Waals surface area (Å²) in [5.74, 6) is 0.606. The van der Waals surface area contributed by atoms with Crippen LogP contribution >= 0.6 is 0 Å². The summed E-state index contributed by atoms with van der Waals surface area (Å²) in [7, 11) is 0. The van der Waals surface area contributed by atoms with E-state index >= 15 is 0 Å². The van der Waals surface area contributed by atoms with Crippen LogP contribution in [0.4, 0.5) is 5.69 Å². The molecule has 2 aromatic carbocycles. The van der Waals surface area contributed by atoms with Crippen LogP contribution in [0.5, 0.6) is 5.75 Å². The summed E-state index contributed by atoms with van der Waals surface area (Å²) in [6.07, 6.45) is 1.12. The molecule has 0 aliphatic heterocycles. The van der Waals surface area contributed by atoms with Crippen molar-refractivity contribution in [1.29, 1.82) is 0 Å². The topological polar surface area (TPSA) is 38.3 Å². The Hall–Kier alpha value is -2.29. The van der Waals surface area contributed by atoms with Crippen molar-refractivity contribution in [3.05, 3.63) is 59.7 Å². The normalized spacial score (nSPS) is 11.8. The third-order valence-electron chi connectivity index (χ3n) is 3.59. The Labute approximate surface area is 132 Å². The summed E-state index contributed by atoms with van der Waals surface area (Å²) in [4.78, 5) is 12.3. The summed E-state index contributed by atoms with van der Waals surface area (Å²) in [6, 6.07) is 15.6. The number of aryl methyl sites for hydroxylation is 2. The minimum Gasteiger partial charge on any atom is -0.481 e. The van der Waals surface area contributed by atoms with Crippen LogP contribution in [-0.4, -0.2) is 12.0 Å². The zero-order valence-corrected chi connectivity index (χ0v) is 13.4. The molecule has 0 aliphatic carbocycles. The molecule has 0 spiro atoms. The molecule has 1 atom stereocenters. The van der Waals surface area contributed by atoms with Crippen LogP contribution in [0.15, 0.2) is 48.5 Å². The molecule has 22 heavy (non-hydrogen) atoms. The second kappa shape index (κ2) is 7.64. The maximum atomic E-state index is 12.3. The predicted molar refractivity (Wildman–Crippen MR) is 90.3 cm³/mol. The Morgan fingerprint density at radius 3 is 2.23 bits per heavy atom. The summed E-state index contributed by atoms with van der Waals surface area (Å²) in [6.45, 7) is 6.07. The van der Waals surface area contributed by atoms with Gasteiger partial charge in [0.2, 0.25) is 0 Å². The standard InChI is InChI=1S/C19H23NO2/c1-4-15-8-12-17(13-9-15)22-18(5-2)19(21)20-16-10-6-14(3)7-11-16/h6-13,18H,4-5H2,1-3H3,(H,20,21). The van der Waals surface area contributed by atoms with Gasteiger partial charge in [0, 0.05) is 5.69 Å². The second-order valence-corrected chi connectivity index (χ2v) is 5.37. The number of ether oxygens (including phenoxy) is 1. The first kappa shape index (κ1) is 16.1. The molecule has 2 rings (SSSR count). The zero-order chi connectivity index (χ0) is 15.9. The van der Waals surface area contributed by atoms with Gasteiger partial charge in [-0.2, -0.15) is 0 Å². The molecule has 1 amide bonds. The number of nitrogens with one attached hydrogen (secondary N) is 1. The summed E-state index contributed by atoms with van der Waals surface area (Å²) < 4.78 is 5.81. The number of rotatable bonds is 6. The van der Waals surface area contributed by atoms with Gasteiger partial charge in [0.05, 0.1) is 0 Å². The second-order valence-electron chi connectivity index (χ2n) is 5.37. The van der Waals surface area contributed by atoms with Crippen molar-refractivity contribution in [3.8, 4) is 5.75 Å². The molecule has 0 radical (unpaired) electrons. The number of hydrogen-bond acceptors (Lipinski definition) is 2. The van der Waals surface area contributed by atoms with E-state index < -0.39 is 6.10 Å². The Bertz CT molecular complexity index is 602. The molecular formula is C19H23NO2. The van der Waals surface area contributed by atoms with Crippen molar-refractivity contribution < 1.29 is 9.53 Å². The van der Waals surface area contributed by atoms with Gasteiger partial charge >= 0.3 is 0 Å². The number of amides is 1. The highest BCUT2D eigenvalue weighted by atomic mass is 16.5. The van der Waals surface area contributed by atoms with Gasteiger partial charge < -0.3 is 10.1 Å². The largest absolute Gasteiger partial charge is 0.481 e. The molecule has 0 saturated heterocycles. The van der Waals surface area contributed by atoms with Crippen LogP contribution in [0.1, 0.15) is 31.4 Å². The smallest absolute Gasteiger partial charge is 0.265 e. The molecule has 1 unspecified atom stereocenters. The third-order valence-corrected chi connectivity index (χ3v) is 3.59. The van der Waals surface area contributed by atoms with Gasteiger partial charge in [-0.05, 0) is 49.6 Å². The van der Waals surface area contributed by atoms with E-state index in [0.717, 1.165) is 23.4 Å². The first-order valence-electron chi connectivity index (χ1n) is 7.75. The number of carbonyl (C=O) groups excluding carboxylic acids is 1. The number of benzene rings is 2. The van der Waals surface area contributed by atoms with Crippen LogP contribution in [0.3, 0.4) is 0 Å². The molecule has 0 fully saturated rings. The molecule has 0 bridgehead atoms. The van der Waals surface area contributed by atoms with Crippen molar-refractivity contribution in [2.24, 2.45) is 0 Å². The number of hydrogen-bond donors (Lipinski definition) is 1. The summed E-state index contributed by atoms with van der Waals surface area (Å²) >= 11 is 0. The van der Waals surface area contributed by atoms with Gasteiger partial charge in [0.15, 0.2) is 6.10 Å². The lowest BCUT2D eigenvalue weighted by Crippen LogP contribution is -2.32. The first-order chi connectivity index (χ1) is 10.6. The van der Waals surface area contributed by atoms with Gasteiger partial charge in [-0.15, -0.1) is 0 Å². The third kappa shape index (κ3) is 4.35. The van der Waals surface area contributed by atoms with E-state index in [1.165, 1.54) is 5.56 Å². The molecule has 2 aromatic rings. The first-order valence-corrected chi connectivity index (χ1v) is 7.75. The highest BCUT2D eigenvalue weighted by Gasteiger charge is 2.18. The molecule has 0 saturated carbocycles. The fraction of sp³-hybridized carbons (Fsp3) is 0.316. The Balaban J connectivity index is 2.00. The predicted octanol–water partition coefficient (Wildman–Crippen LogP) is 4.35. The van der Waals surface area contributed by atoms with Crippen LogP contribution in [0.2, 0.25) is 0 Å². The van der Waals surface area contributed by atoms with E-state index in [1.807, 2.05) is 62.4 Å². The van der Waals surface area contributed by atoms with E-state index in [1.54, 1.807) is 0 Å². The molecule has 116 valence electrons. The van der Waals surface area contributed by atoms with E-state index in [2.05, 4.69) is 12.2 Å². The molecule has 3 heteroatoms. The molecule has 0 aliphatic rings. The van der Waals surface area contributed by atoms with E-state index in [4.69, 9.17) is 4.74 Å². The van der Waals surface area contributed by atoms with Crippen LogP contribution < -0.4 is 10.1 Å². The van der Waals surface area contributed by atoms with E-state index in [0.29, 0.717) is 6.42 Å². The maximum absolute atomic E-state index is 12.3. The minimum atomic E-state index is -0.492. The maximum Gasteiger partial charge on any atom is 0.265 e. The average Bonchev–Trinajstić information content (AvgIpc) is 2.55. The van der Waals surface area contributed by atoms with Crippen molar-refractivity contribution in [2.75, 3.05) is 5.32 Å². The lowest BCUT2D eigenvalue weighted by molar-refractivity contribution is -0.122. The SMILES string of the molecule is CCc1ccc(OC(CC)C(=O)Nc2ccc(C)cc2)cc1. The summed E-state index contributed by atoms with van der Waals surface area (Å²) in [5, 5.41) is 2.90. The van der Waals surface area contributed by atoms with E-state index in [-0.39, 0.29) is 5.91 Å². The molecule has 1 N–H and O–H groups in total. The highest BCUT2D eigenvalue weighted by Crippen LogP contribution is 2.17. The zero-order valence-electron chi connectivity index (χ0n) is 13.4. The Kier molecular flexibility index (Phi) is 5.59. The lowest BCUT2D eigenvalue weighted by atomic mass is 10.1. The fourth-order valence-electron chi connectivity index (χ4n) is 2.15. The lowest BCUT2D eigenvalue weighted by Gasteiger charge is -2.17. The van der Waals surface area contributed by atoms with Crippen LogP contribution in [0.25, 0.3) is 0 Å². The van der Waals surface area contributed by atoms with Crippen molar-refractivity contribution in [1.82, 2.24) is 0 Å². The minimum absolute atomic E-state index is 0.120. The van der Waals surface area contributed by atoms with Gasteiger partial charge in [-0.3, -0.25) is 4.79 Å². The average molecular weight is 297 g/mol. The Morgan fingerprint density at radius 1 is 1.05 bits per heavy atom. The molecule has 3 nitrogen and oxygen atoms in total. The Morgan fingerprint density at radius 2 is 1.68 bits per heavy atom. The van der Waals surface area contributed by atoms with E-state index in [9.17, 15) is 4.79 Å². The van der Waals surface area contributed by atoms with Crippen LogP contribution in [0, 0.1) is 6.92 Å². The van der Waals surface area contributed by atoms with Crippen LogP contribution in [-0.2, 0) is 11.2 Å². The molecule has 0 heterocycles. The van der Waals surface area contributed by atoms with Gasteiger partial charge in [-0.25, -0.2) is 0 Å². The quantitative estimate of drug-likeness (QED) is 0.860. The molecular weight excluding hydrogens is 274 g/mol.